The minimum atomic E-state index is -0.262. The maximum Gasteiger partial charge on any atom is 0.149 e. The molecule has 0 spiro atoms. The summed E-state index contributed by atoms with van der Waals surface area (Å²) in [6.45, 7) is 3.94. The Balaban J connectivity index is 2.08. The predicted octanol–water partition coefficient (Wildman–Crippen LogP) is 2.06. The largest absolute Gasteiger partial charge is 0.383 e. The summed E-state index contributed by atoms with van der Waals surface area (Å²) in [7, 11) is 1.66. The Kier molecular flexibility index (Phi) is 4.65. The first-order chi connectivity index (χ1) is 9.22. The fourth-order valence-corrected chi connectivity index (χ4v) is 1.88. The van der Waals surface area contributed by atoms with E-state index in [1.165, 1.54) is 6.07 Å². The lowest BCUT2D eigenvalue weighted by atomic mass is 10.2. The Morgan fingerprint density at radius 1 is 1.37 bits per heavy atom. The molecule has 2 aromatic rings. The Bertz CT molecular complexity index is 519. The number of para-hydroxylation sites is 1. The molecule has 0 atom stereocenters. The number of methoxy groups -OCH3 is 1. The van der Waals surface area contributed by atoms with E-state index in [1.54, 1.807) is 24.1 Å². The molecule has 0 bridgehead atoms. The number of ether oxygens (including phenoxy) is 1. The van der Waals surface area contributed by atoms with Crippen molar-refractivity contribution >= 4 is 0 Å². The molecule has 0 fully saturated rings. The normalized spacial score (nSPS) is 10.9. The van der Waals surface area contributed by atoms with Crippen LogP contribution >= 0.6 is 0 Å². The number of rotatable bonds is 6. The van der Waals surface area contributed by atoms with Crippen LogP contribution < -0.4 is 5.32 Å². The topological polar surface area (TPSA) is 39.1 Å². The van der Waals surface area contributed by atoms with Crippen molar-refractivity contribution in [3.05, 3.63) is 47.5 Å². The van der Waals surface area contributed by atoms with Crippen molar-refractivity contribution in [2.45, 2.75) is 13.5 Å². The number of nitrogens with one attached hydrogen (secondary N) is 1. The summed E-state index contributed by atoms with van der Waals surface area (Å²) in [4.78, 5) is 0. The van der Waals surface area contributed by atoms with E-state index >= 15 is 0 Å². The van der Waals surface area contributed by atoms with Crippen molar-refractivity contribution in [3.8, 4) is 5.69 Å². The van der Waals surface area contributed by atoms with Gasteiger partial charge in [-0.05, 0) is 24.6 Å². The Morgan fingerprint density at radius 3 is 2.95 bits per heavy atom. The third kappa shape index (κ3) is 3.39. The number of aryl methyl sites for hydroxylation is 1. The van der Waals surface area contributed by atoms with E-state index in [2.05, 4.69) is 10.4 Å². The van der Waals surface area contributed by atoms with E-state index in [-0.39, 0.29) is 5.82 Å². The van der Waals surface area contributed by atoms with Gasteiger partial charge in [0.05, 0.1) is 12.3 Å². The SMILES string of the molecule is COCCNCc1ccn(-c2c(C)cccc2F)n1. The zero-order chi connectivity index (χ0) is 13.7. The summed E-state index contributed by atoms with van der Waals surface area (Å²) in [5, 5.41) is 7.58. The maximum atomic E-state index is 13.8. The summed E-state index contributed by atoms with van der Waals surface area (Å²) in [5.41, 5.74) is 2.24. The van der Waals surface area contributed by atoms with Crippen molar-refractivity contribution in [2.24, 2.45) is 0 Å². The molecule has 19 heavy (non-hydrogen) atoms. The van der Waals surface area contributed by atoms with Crippen LogP contribution in [0.25, 0.3) is 5.69 Å². The summed E-state index contributed by atoms with van der Waals surface area (Å²) < 4.78 is 20.3. The average Bonchev–Trinajstić information content (AvgIpc) is 2.83. The number of hydrogen-bond donors (Lipinski definition) is 1. The van der Waals surface area contributed by atoms with Crippen molar-refractivity contribution in [2.75, 3.05) is 20.3 Å². The minimum absolute atomic E-state index is 0.262. The highest BCUT2D eigenvalue weighted by Gasteiger charge is 2.09. The second-order valence-electron chi connectivity index (χ2n) is 4.33. The molecular formula is C14H18FN3O. The van der Waals surface area contributed by atoms with Crippen molar-refractivity contribution in [1.29, 1.82) is 0 Å². The molecule has 0 saturated carbocycles. The van der Waals surface area contributed by atoms with E-state index < -0.39 is 0 Å². The smallest absolute Gasteiger partial charge is 0.149 e. The molecule has 1 aromatic heterocycles. The van der Waals surface area contributed by atoms with Gasteiger partial charge in [-0.2, -0.15) is 5.10 Å². The molecule has 0 saturated heterocycles. The first-order valence-corrected chi connectivity index (χ1v) is 6.22. The van der Waals surface area contributed by atoms with E-state index in [0.29, 0.717) is 18.8 Å². The molecule has 1 N–H and O–H groups in total. The van der Waals surface area contributed by atoms with Gasteiger partial charge in [0, 0.05) is 26.4 Å². The number of nitrogens with zero attached hydrogens (tertiary/aromatic N) is 2. The molecule has 1 heterocycles. The van der Waals surface area contributed by atoms with Gasteiger partial charge in [0.15, 0.2) is 0 Å². The zero-order valence-corrected chi connectivity index (χ0v) is 11.2. The Morgan fingerprint density at radius 2 is 2.21 bits per heavy atom. The fraction of sp³-hybridized carbons (Fsp3) is 0.357. The standard InChI is InChI=1S/C14H18FN3O/c1-11-4-3-5-13(15)14(11)18-8-6-12(17-18)10-16-7-9-19-2/h3-6,8,16H,7,9-10H2,1-2H3. The molecule has 0 aliphatic rings. The first-order valence-electron chi connectivity index (χ1n) is 6.22. The van der Waals surface area contributed by atoms with Gasteiger partial charge >= 0.3 is 0 Å². The second-order valence-corrected chi connectivity index (χ2v) is 4.33. The van der Waals surface area contributed by atoms with Crippen molar-refractivity contribution < 1.29 is 9.13 Å². The molecule has 4 nitrogen and oxygen atoms in total. The summed E-state index contributed by atoms with van der Waals surface area (Å²) in [6.07, 6.45) is 1.78. The monoisotopic (exact) mass is 263 g/mol. The lowest BCUT2D eigenvalue weighted by Gasteiger charge is -2.07. The van der Waals surface area contributed by atoms with Gasteiger partial charge in [0.2, 0.25) is 0 Å². The molecule has 5 heteroatoms. The third-order valence-corrected chi connectivity index (χ3v) is 2.85. The first kappa shape index (κ1) is 13.7. The Labute approximate surface area is 112 Å². The molecule has 0 amide bonds. The highest BCUT2D eigenvalue weighted by molar-refractivity contribution is 5.40. The molecule has 2 rings (SSSR count). The molecule has 0 aliphatic carbocycles. The van der Waals surface area contributed by atoms with Gasteiger partial charge in [-0.1, -0.05) is 12.1 Å². The van der Waals surface area contributed by atoms with Gasteiger partial charge in [-0.3, -0.25) is 0 Å². The lowest BCUT2D eigenvalue weighted by Crippen LogP contribution is -2.19. The number of hydrogen-bond acceptors (Lipinski definition) is 3. The van der Waals surface area contributed by atoms with Crippen molar-refractivity contribution in [3.63, 3.8) is 0 Å². The third-order valence-electron chi connectivity index (χ3n) is 2.85. The van der Waals surface area contributed by atoms with Gasteiger partial charge in [-0.25, -0.2) is 9.07 Å². The number of halogens is 1. The van der Waals surface area contributed by atoms with Crippen LogP contribution in [0.4, 0.5) is 4.39 Å². The minimum Gasteiger partial charge on any atom is -0.383 e. The Hall–Kier alpha value is -1.72. The molecule has 0 radical (unpaired) electrons. The highest BCUT2D eigenvalue weighted by atomic mass is 19.1. The second kappa shape index (κ2) is 6.45. The van der Waals surface area contributed by atoms with Crippen LogP contribution in [0.15, 0.2) is 30.5 Å². The van der Waals surface area contributed by atoms with Crippen LogP contribution in [-0.4, -0.2) is 30.0 Å². The molecular weight excluding hydrogens is 245 g/mol. The van der Waals surface area contributed by atoms with Crippen LogP contribution in [0.3, 0.4) is 0 Å². The summed E-state index contributed by atoms with van der Waals surface area (Å²) in [5.74, 6) is -0.262. The average molecular weight is 263 g/mol. The zero-order valence-electron chi connectivity index (χ0n) is 11.2. The van der Waals surface area contributed by atoms with E-state index in [0.717, 1.165) is 17.8 Å². The van der Waals surface area contributed by atoms with Crippen molar-refractivity contribution in [1.82, 2.24) is 15.1 Å². The maximum absolute atomic E-state index is 13.8. The van der Waals surface area contributed by atoms with Crippen LogP contribution in [0.2, 0.25) is 0 Å². The van der Waals surface area contributed by atoms with Gasteiger partial charge in [0.1, 0.15) is 11.5 Å². The molecule has 0 unspecified atom stereocenters. The summed E-state index contributed by atoms with van der Waals surface area (Å²) in [6, 6.07) is 6.90. The van der Waals surface area contributed by atoms with E-state index in [9.17, 15) is 4.39 Å². The summed E-state index contributed by atoms with van der Waals surface area (Å²) >= 11 is 0. The van der Waals surface area contributed by atoms with Crippen LogP contribution in [0.1, 0.15) is 11.3 Å². The van der Waals surface area contributed by atoms with Crippen LogP contribution in [0, 0.1) is 12.7 Å². The highest BCUT2D eigenvalue weighted by Crippen LogP contribution is 2.17. The quantitative estimate of drug-likeness (QED) is 0.811. The molecule has 102 valence electrons. The van der Waals surface area contributed by atoms with Gasteiger partial charge in [0.25, 0.3) is 0 Å². The molecule has 0 aliphatic heterocycles. The predicted molar refractivity (Wildman–Crippen MR) is 71.8 cm³/mol. The van der Waals surface area contributed by atoms with E-state index in [1.807, 2.05) is 19.1 Å². The van der Waals surface area contributed by atoms with Crippen LogP contribution in [-0.2, 0) is 11.3 Å². The number of benzene rings is 1. The van der Waals surface area contributed by atoms with Crippen LogP contribution in [0.5, 0.6) is 0 Å². The lowest BCUT2D eigenvalue weighted by molar-refractivity contribution is 0.199. The molecule has 1 aromatic carbocycles. The van der Waals surface area contributed by atoms with E-state index in [4.69, 9.17) is 4.74 Å². The van der Waals surface area contributed by atoms with Gasteiger partial charge < -0.3 is 10.1 Å². The fourth-order valence-electron chi connectivity index (χ4n) is 1.88. The number of aromatic nitrogens is 2. The van der Waals surface area contributed by atoms with Gasteiger partial charge in [-0.15, -0.1) is 0 Å².